The summed E-state index contributed by atoms with van der Waals surface area (Å²) in [4.78, 5) is 11.9. The van der Waals surface area contributed by atoms with Gasteiger partial charge in [0.25, 0.3) is 0 Å². The number of hydrogen-bond donors (Lipinski definition) is 1. The van der Waals surface area contributed by atoms with Gasteiger partial charge in [0.05, 0.1) is 14.2 Å². The summed E-state index contributed by atoms with van der Waals surface area (Å²) in [6.07, 6.45) is 1.07. The molecule has 0 aliphatic carbocycles. The van der Waals surface area contributed by atoms with Crippen molar-refractivity contribution in [2.24, 2.45) is 0 Å². The molecule has 0 amide bonds. The van der Waals surface area contributed by atoms with Crippen LogP contribution in [-0.2, 0) is 6.42 Å². The molecule has 0 aliphatic rings. The zero-order valence-corrected chi connectivity index (χ0v) is 15.4. The second-order valence-corrected chi connectivity index (χ2v) is 5.81. The van der Waals surface area contributed by atoms with Crippen molar-refractivity contribution in [2.45, 2.75) is 26.2 Å². The number of anilines is 1. The van der Waals surface area contributed by atoms with E-state index in [0.29, 0.717) is 35.7 Å². The van der Waals surface area contributed by atoms with Gasteiger partial charge in [-0.05, 0) is 24.6 Å². The van der Waals surface area contributed by atoms with Crippen molar-refractivity contribution in [2.75, 3.05) is 20.0 Å². The van der Waals surface area contributed by atoms with E-state index in [1.165, 1.54) is 0 Å². The maximum Gasteiger partial charge on any atom is 0.312 e. The Bertz CT molecular complexity index is 1040. The van der Waals surface area contributed by atoms with Gasteiger partial charge in [-0.1, -0.05) is 12.8 Å². The van der Waals surface area contributed by atoms with Crippen LogP contribution < -0.4 is 15.2 Å². The maximum absolute atomic E-state index is 13.7. The van der Waals surface area contributed by atoms with Crippen molar-refractivity contribution >= 4 is 17.0 Å². The van der Waals surface area contributed by atoms with Crippen LogP contribution in [0.2, 0.25) is 0 Å². The number of unbranched alkanes of at least 4 members (excludes halogenated alkanes) is 1. The first-order valence-electron chi connectivity index (χ1n) is 8.47. The molecule has 0 saturated heterocycles. The maximum atomic E-state index is 13.7. The first-order valence-corrected chi connectivity index (χ1v) is 8.47. The molecular weight excluding hydrogens is 349 g/mol. The van der Waals surface area contributed by atoms with Crippen LogP contribution in [0.15, 0.2) is 18.2 Å². The SMILES string of the molecule is CCCC#Cn1c(Cc2cc(OC)ccc2OC)nc2c(N)nc(F)nc21. The summed E-state index contributed by atoms with van der Waals surface area (Å²) in [7, 11) is 3.18. The fraction of sp³-hybridized carbons (Fsp3) is 0.316. The fourth-order valence-electron chi connectivity index (χ4n) is 2.68. The van der Waals surface area contributed by atoms with Gasteiger partial charge in [-0.2, -0.15) is 14.4 Å². The fourth-order valence-corrected chi connectivity index (χ4v) is 2.68. The zero-order chi connectivity index (χ0) is 19.4. The average Bonchev–Trinajstić information content (AvgIpc) is 2.99. The number of nitrogens with zero attached hydrogens (tertiary/aromatic N) is 4. The lowest BCUT2D eigenvalue weighted by atomic mass is 10.1. The normalized spacial score (nSPS) is 10.5. The lowest BCUT2D eigenvalue weighted by Gasteiger charge is -2.10. The number of hydrogen-bond acceptors (Lipinski definition) is 6. The highest BCUT2D eigenvalue weighted by atomic mass is 19.1. The Morgan fingerprint density at radius 1 is 1.19 bits per heavy atom. The van der Waals surface area contributed by atoms with Crippen LogP contribution in [0.1, 0.15) is 31.2 Å². The van der Waals surface area contributed by atoms with E-state index in [2.05, 4.69) is 26.9 Å². The first-order chi connectivity index (χ1) is 13.1. The average molecular weight is 369 g/mol. The summed E-state index contributed by atoms with van der Waals surface area (Å²) in [6.45, 7) is 2.03. The summed E-state index contributed by atoms with van der Waals surface area (Å²) in [5.41, 5.74) is 7.24. The molecule has 2 N–H and O–H groups in total. The number of rotatable bonds is 5. The quantitative estimate of drug-likeness (QED) is 0.550. The molecule has 140 valence electrons. The summed E-state index contributed by atoms with van der Waals surface area (Å²) < 4.78 is 26.0. The highest BCUT2D eigenvalue weighted by Gasteiger charge is 2.18. The van der Waals surface area contributed by atoms with Gasteiger partial charge in [0.15, 0.2) is 17.0 Å². The van der Waals surface area contributed by atoms with E-state index < -0.39 is 6.08 Å². The highest BCUT2D eigenvalue weighted by molar-refractivity contribution is 5.82. The Morgan fingerprint density at radius 3 is 2.70 bits per heavy atom. The molecule has 0 atom stereocenters. The van der Waals surface area contributed by atoms with Gasteiger partial charge in [0.1, 0.15) is 17.3 Å². The minimum absolute atomic E-state index is 0.0209. The molecule has 0 radical (unpaired) electrons. The van der Waals surface area contributed by atoms with Crippen LogP contribution in [0, 0.1) is 18.0 Å². The van der Waals surface area contributed by atoms with E-state index in [1.807, 2.05) is 25.1 Å². The van der Waals surface area contributed by atoms with Gasteiger partial charge in [0.2, 0.25) is 0 Å². The van der Waals surface area contributed by atoms with Crippen molar-refractivity contribution in [1.82, 2.24) is 19.5 Å². The van der Waals surface area contributed by atoms with Crippen LogP contribution >= 0.6 is 0 Å². The number of benzene rings is 1. The van der Waals surface area contributed by atoms with Crippen LogP contribution in [0.5, 0.6) is 11.5 Å². The van der Waals surface area contributed by atoms with E-state index in [9.17, 15) is 4.39 Å². The van der Waals surface area contributed by atoms with Gasteiger partial charge in [-0.25, -0.2) is 9.55 Å². The number of ether oxygens (including phenoxy) is 2. The molecule has 0 bridgehead atoms. The standard InChI is InChI=1S/C19H20FN5O2/c1-4-5-6-9-25-15(22-16-17(21)23-19(20)24-18(16)25)11-12-10-13(26-2)7-8-14(12)27-3/h7-8,10H,4-5,11H2,1-3H3,(H2,21,23,24). The first kappa shape index (κ1) is 18.5. The van der Waals surface area contributed by atoms with Gasteiger partial charge >= 0.3 is 6.08 Å². The lowest BCUT2D eigenvalue weighted by Crippen LogP contribution is -2.03. The Labute approximate surface area is 156 Å². The van der Waals surface area contributed by atoms with E-state index in [4.69, 9.17) is 15.2 Å². The Hall–Kier alpha value is -3.34. The molecule has 0 fully saturated rings. The van der Waals surface area contributed by atoms with Crippen LogP contribution in [0.3, 0.4) is 0 Å². The van der Waals surface area contributed by atoms with Crippen molar-refractivity contribution in [1.29, 1.82) is 0 Å². The molecule has 0 saturated carbocycles. The molecule has 0 spiro atoms. The second kappa shape index (κ2) is 7.91. The topological polar surface area (TPSA) is 88.1 Å². The van der Waals surface area contributed by atoms with Gasteiger partial charge in [-0.15, -0.1) is 0 Å². The van der Waals surface area contributed by atoms with Gasteiger partial charge in [-0.3, -0.25) is 0 Å². The number of fused-ring (bicyclic) bond motifs is 1. The smallest absolute Gasteiger partial charge is 0.312 e. The minimum atomic E-state index is -0.913. The molecule has 0 unspecified atom stereocenters. The number of methoxy groups -OCH3 is 2. The third kappa shape index (κ3) is 3.77. The van der Waals surface area contributed by atoms with E-state index >= 15 is 0 Å². The summed E-state index contributed by atoms with van der Waals surface area (Å²) in [5, 5.41) is 0. The van der Waals surface area contributed by atoms with Crippen LogP contribution in [0.4, 0.5) is 10.2 Å². The Kier molecular flexibility index (Phi) is 5.41. The lowest BCUT2D eigenvalue weighted by molar-refractivity contribution is 0.399. The largest absolute Gasteiger partial charge is 0.497 e. The Morgan fingerprint density at radius 2 is 2.00 bits per heavy atom. The van der Waals surface area contributed by atoms with E-state index in [-0.39, 0.29) is 11.5 Å². The molecule has 2 aromatic heterocycles. The number of imidazole rings is 1. The summed E-state index contributed by atoms with van der Waals surface area (Å²) >= 11 is 0. The predicted molar refractivity (Wildman–Crippen MR) is 100 cm³/mol. The number of aromatic nitrogens is 4. The monoisotopic (exact) mass is 369 g/mol. The van der Waals surface area contributed by atoms with Crippen molar-refractivity contribution in [3.8, 4) is 23.5 Å². The highest BCUT2D eigenvalue weighted by Crippen LogP contribution is 2.27. The number of nitrogens with two attached hydrogens (primary N) is 1. The summed E-state index contributed by atoms with van der Waals surface area (Å²) in [5.74, 6) is 4.95. The number of halogens is 1. The van der Waals surface area contributed by atoms with Crippen molar-refractivity contribution in [3.05, 3.63) is 35.7 Å². The molecule has 1 aromatic carbocycles. The summed E-state index contributed by atoms with van der Waals surface area (Å²) in [6, 6.07) is 8.48. The third-order valence-electron chi connectivity index (χ3n) is 3.98. The molecule has 2 heterocycles. The molecule has 8 heteroatoms. The molecule has 3 rings (SSSR count). The zero-order valence-electron chi connectivity index (χ0n) is 15.4. The van der Waals surface area contributed by atoms with Gasteiger partial charge in [0, 0.05) is 24.4 Å². The number of nitrogen functional groups attached to an aromatic ring is 1. The van der Waals surface area contributed by atoms with Gasteiger partial charge < -0.3 is 15.2 Å². The molecule has 0 aliphatic heterocycles. The van der Waals surface area contributed by atoms with Crippen LogP contribution in [-0.4, -0.2) is 33.7 Å². The minimum Gasteiger partial charge on any atom is -0.497 e. The molecular formula is C19H20FN5O2. The molecule has 7 nitrogen and oxygen atoms in total. The second-order valence-electron chi connectivity index (χ2n) is 5.81. The van der Waals surface area contributed by atoms with Crippen molar-refractivity contribution < 1.29 is 13.9 Å². The molecule has 27 heavy (non-hydrogen) atoms. The van der Waals surface area contributed by atoms with Crippen LogP contribution in [0.25, 0.3) is 11.2 Å². The molecule has 3 aromatic rings. The third-order valence-corrected chi connectivity index (χ3v) is 3.98. The van der Waals surface area contributed by atoms with E-state index in [1.54, 1.807) is 18.8 Å². The van der Waals surface area contributed by atoms with E-state index in [0.717, 1.165) is 12.0 Å². The Balaban J connectivity index is 2.15. The van der Waals surface area contributed by atoms with Crippen molar-refractivity contribution in [3.63, 3.8) is 0 Å². The predicted octanol–water partition coefficient (Wildman–Crippen LogP) is 2.76.